The molecule has 0 aliphatic carbocycles. The summed E-state index contributed by atoms with van der Waals surface area (Å²) in [5.41, 5.74) is 1.11. The second kappa shape index (κ2) is 5.92. The predicted molar refractivity (Wildman–Crippen MR) is 75.4 cm³/mol. The molecular weight excluding hydrogens is 262 g/mol. The number of rotatable bonds is 4. The normalized spacial score (nSPS) is 20.2. The number of piperidine rings is 1. The highest BCUT2D eigenvalue weighted by Gasteiger charge is 2.17. The fourth-order valence-electron chi connectivity index (χ4n) is 2.53. The summed E-state index contributed by atoms with van der Waals surface area (Å²) in [7, 11) is -1.73. The van der Waals surface area contributed by atoms with Gasteiger partial charge in [-0.15, -0.1) is 0 Å². The highest BCUT2D eigenvalue weighted by atomic mass is 32.2. The van der Waals surface area contributed by atoms with Gasteiger partial charge in [0.15, 0.2) is 9.84 Å². The van der Waals surface area contributed by atoms with Gasteiger partial charge < -0.3 is 10.1 Å². The number of hydrogen-bond acceptors (Lipinski definition) is 4. The lowest BCUT2D eigenvalue weighted by Crippen LogP contribution is -2.35. The third-order valence-corrected chi connectivity index (χ3v) is 4.66. The summed E-state index contributed by atoms with van der Waals surface area (Å²) in [5.74, 6) is 0.441. The van der Waals surface area contributed by atoms with Crippen LogP contribution in [0.25, 0.3) is 0 Å². The number of methoxy groups -OCH3 is 1. The molecule has 4 nitrogen and oxygen atoms in total. The highest BCUT2D eigenvalue weighted by Crippen LogP contribution is 2.26. The third kappa shape index (κ3) is 3.70. The molecule has 1 saturated heterocycles. The molecule has 0 spiro atoms. The SMILES string of the molecule is COc1cc(CC2CCCCN2)ccc1S(C)(=O)=O. The van der Waals surface area contributed by atoms with Crippen molar-refractivity contribution in [2.24, 2.45) is 0 Å². The average Bonchev–Trinajstić information content (AvgIpc) is 2.38. The maximum atomic E-state index is 11.6. The van der Waals surface area contributed by atoms with E-state index in [0.29, 0.717) is 11.8 Å². The van der Waals surface area contributed by atoms with Crippen LogP contribution in [0, 0.1) is 0 Å². The number of nitrogens with one attached hydrogen (secondary N) is 1. The molecule has 1 aromatic carbocycles. The molecule has 5 heteroatoms. The van der Waals surface area contributed by atoms with Gasteiger partial charge in [0.1, 0.15) is 10.6 Å². The minimum atomic E-state index is -3.24. The first-order valence-corrected chi connectivity index (χ1v) is 8.50. The molecule has 106 valence electrons. The smallest absolute Gasteiger partial charge is 0.179 e. The van der Waals surface area contributed by atoms with E-state index in [9.17, 15) is 8.42 Å². The molecule has 1 unspecified atom stereocenters. The molecule has 2 rings (SSSR count). The van der Waals surface area contributed by atoms with Crippen molar-refractivity contribution in [2.75, 3.05) is 19.9 Å². The van der Waals surface area contributed by atoms with Gasteiger partial charge in [-0.3, -0.25) is 0 Å². The molecule has 0 saturated carbocycles. The van der Waals surface area contributed by atoms with Gasteiger partial charge in [0, 0.05) is 12.3 Å². The van der Waals surface area contributed by atoms with Crippen molar-refractivity contribution >= 4 is 9.84 Å². The van der Waals surface area contributed by atoms with Crippen molar-refractivity contribution in [3.05, 3.63) is 23.8 Å². The monoisotopic (exact) mass is 283 g/mol. The quantitative estimate of drug-likeness (QED) is 0.915. The number of ether oxygens (including phenoxy) is 1. The van der Waals surface area contributed by atoms with E-state index in [0.717, 1.165) is 18.5 Å². The van der Waals surface area contributed by atoms with Crippen LogP contribution in [0.15, 0.2) is 23.1 Å². The third-order valence-electron chi connectivity index (χ3n) is 3.52. The van der Waals surface area contributed by atoms with Crippen molar-refractivity contribution in [1.82, 2.24) is 5.32 Å². The Morgan fingerprint density at radius 3 is 2.74 bits per heavy atom. The topological polar surface area (TPSA) is 55.4 Å². The molecule has 0 bridgehead atoms. The first kappa shape index (κ1) is 14.3. The molecule has 1 atom stereocenters. The van der Waals surface area contributed by atoms with E-state index in [4.69, 9.17) is 4.74 Å². The lowest BCUT2D eigenvalue weighted by Gasteiger charge is -2.23. The van der Waals surface area contributed by atoms with Gasteiger partial charge in [0.2, 0.25) is 0 Å². The molecule has 1 heterocycles. The Labute approximate surface area is 115 Å². The molecule has 0 amide bonds. The van der Waals surface area contributed by atoms with Gasteiger partial charge in [-0.1, -0.05) is 12.5 Å². The lowest BCUT2D eigenvalue weighted by molar-refractivity contribution is 0.392. The summed E-state index contributed by atoms with van der Waals surface area (Å²) < 4.78 is 28.4. The van der Waals surface area contributed by atoms with Crippen molar-refractivity contribution in [3.63, 3.8) is 0 Å². The van der Waals surface area contributed by atoms with Crippen LogP contribution in [0.2, 0.25) is 0 Å². The van der Waals surface area contributed by atoms with E-state index in [2.05, 4.69) is 5.32 Å². The second-order valence-corrected chi connectivity index (χ2v) is 7.09. The molecular formula is C14H21NO3S. The van der Waals surface area contributed by atoms with Crippen LogP contribution < -0.4 is 10.1 Å². The van der Waals surface area contributed by atoms with E-state index in [1.807, 2.05) is 12.1 Å². The summed E-state index contributed by atoms with van der Waals surface area (Å²) in [6, 6.07) is 5.86. The van der Waals surface area contributed by atoms with Gasteiger partial charge in [-0.2, -0.15) is 0 Å². The second-order valence-electron chi connectivity index (χ2n) is 5.11. The summed E-state index contributed by atoms with van der Waals surface area (Å²) in [4.78, 5) is 0.260. The summed E-state index contributed by atoms with van der Waals surface area (Å²) in [5, 5.41) is 3.49. The fraction of sp³-hybridized carbons (Fsp3) is 0.571. The van der Waals surface area contributed by atoms with E-state index in [1.54, 1.807) is 6.07 Å². The van der Waals surface area contributed by atoms with Gasteiger partial charge in [-0.05, 0) is 43.5 Å². The Morgan fingerprint density at radius 2 is 2.16 bits per heavy atom. The zero-order valence-electron chi connectivity index (χ0n) is 11.5. The Balaban J connectivity index is 2.19. The van der Waals surface area contributed by atoms with E-state index < -0.39 is 9.84 Å². The summed E-state index contributed by atoms with van der Waals surface area (Å²) >= 11 is 0. The van der Waals surface area contributed by atoms with Gasteiger partial charge >= 0.3 is 0 Å². The van der Waals surface area contributed by atoms with Gasteiger partial charge in [-0.25, -0.2) is 8.42 Å². The van der Waals surface area contributed by atoms with Crippen molar-refractivity contribution < 1.29 is 13.2 Å². The standard InChI is InChI=1S/C14H21NO3S/c1-18-13-10-11(6-7-14(13)19(2,16)17)9-12-5-3-4-8-15-12/h6-7,10,12,15H,3-5,8-9H2,1-2H3. The highest BCUT2D eigenvalue weighted by molar-refractivity contribution is 7.90. The molecule has 1 aromatic rings. The Morgan fingerprint density at radius 1 is 1.37 bits per heavy atom. The van der Waals surface area contributed by atoms with Crippen LogP contribution in [0.3, 0.4) is 0 Å². The van der Waals surface area contributed by atoms with Crippen LogP contribution in [0.5, 0.6) is 5.75 Å². The van der Waals surface area contributed by atoms with E-state index in [-0.39, 0.29) is 4.90 Å². The maximum absolute atomic E-state index is 11.6. The van der Waals surface area contributed by atoms with Crippen LogP contribution >= 0.6 is 0 Å². The molecule has 1 aliphatic heterocycles. The molecule has 0 aromatic heterocycles. The van der Waals surface area contributed by atoms with Gasteiger partial charge in [0.05, 0.1) is 7.11 Å². The van der Waals surface area contributed by atoms with Crippen molar-refractivity contribution in [2.45, 2.75) is 36.6 Å². The number of sulfone groups is 1. The summed E-state index contributed by atoms with van der Waals surface area (Å²) in [6.07, 6.45) is 5.80. The van der Waals surface area contributed by atoms with Crippen LogP contribution in [0.4, 0.5) is 0 Å². The Hall–Kier alpha value is -1.07. The van der Waals surface area contributed by atoms with Crippen molar-refractivity contribution in [3.8, 4) is 5.75 Å². The number of benzene rings is 1. The average molecular weight is 283 g/mol. The van der Waals surface area contributed by atoms with Crippen LogP contribution in [-0.2, 0) is 16.3 Å². The van der Waals surface area contributed by atoms with Gasteiger partial charge in [0.25, 0.3) is 0 Å². The minimum absolute atomic E-state index is 0.260. The van der Waals surface area contributed by atoms with Crippen molar-refractivity contribution in [1.29, 1.82) is 0 Å². The Kier molecular flexibility index (Phi) is 4.47. The molecule has 1 N–H and O–H groups in total. The zero-order chi connectivity index (χ0) is 13.9. The van der Waals surface area contributed by atoms with E-state index >= 15 is 0 Å². The predicted octanol–water partition coefficient (Wildman–Crippen LogP) is 1.78. The Bertz CT molecular complexity index is 534. The molecule has 19 heavy (non-hydrogen) atoms. The largest absolute Gasteiger partial charge is 0.495 e. The molecule has 0 radical (unpaired) electrons. The summed E-state index contributed by atoms with van der Waals surface area (Å²) in [6.45, 7) is 1.07. The number of hydrogen-bond donors (Lipinski definition) is 1. The maximum Gasteiger partial charge on any atom is 0.179 e. The lowest BCUT2D eigenvalue weighted by atomic mass is 9.98. The first-order chi connectivity index (χ1) is 9.00. The van der Waals surface area contributed by atoms with Crippen LogP contribution in [-0.4, -0.2) is 34.4 Å². The zero-order valence-corrected chi connectivity index (χ0v) is 12.3. The molecule has 1 fully saturated rings. The molecule has 1 aliphatic rings. The van der Waals surface area contributed by atoms with E-state index in [1.165, 1.54) is 32.6 Å². The first-order valence-electron chi connectivity index (χ1n) is 6.61. The minimum Gasteiger partial charge on any atom is -0.495 e. The fourth-order valence-corrected chi connectivity index (χ4v) is 3.35. The van der Waals surface area contributed by atoms with Crippen LogP contribution in [0.1, 0.15) is 24.8 Å².